The van der Waals surface area contributed by atoms with Crippen LogP contribution < -0.4 is 10.1 Å². The number of para-hydroxylation sites is 2. The van der Waals surface area contributed by atoms with Crippen LogP contribution >= 0.6 is 34.5 Å². The summed E-state index contributed by atoms with van der Waals surface area (Å²) in [6.45, 7) is 0.478. The predicted octanol–water partition coefficient (Wildman–Crippen LogP) is 5.68. The largest absolute Gasteiger partial charge is 0.274 e. The molecule has 5 nitrogen and oxygen atoms in total. The van der Waals surface area contributed by atoms with E-state index in [9.17, 15) is 4.79 Å². The van der Waals surface area contributed by atoms with E-state index in [1.165, 1.54) is 11.3 Å². The van der Waals surface area contributed by atoms with Gasteiger partial charge in [0.15, 0.2) is 4.96 Å². The molecule has 0 unspecified atom stereocenters. The van der Waals surface area contributed by atoms with E-state index >= 15 is 0 Å². The molecular weight excluding hydrogens is 487 g/mol. The Morgan fingerprint density at radius 3 is 2.59 bits per heavy atom. The standard InChI is InChI=1S/C26H16Cl2N4OS/c27-19-11-10-17(20(28)13-19)14-31-15-18(24(30-31)16-6-2-1-3-7-16)12-23-25(33)32-22-9-5-4-8-21(22)29-26(32)34-23/h1-13,15H,14H2/b23-12+. The lowest BCUT2D eigenvalue weighted by molar-refractivity contribution is 0.689. The second kappa shape index (κ2) is 8.40. The van der Waals surface area contributed by atoms with E-state index < -0.39 is 0 Å². The highest BCUT2D eigenvalue weighted by atomic mass is 35.5. The number of fused-ring (bicyclic) bond motifs is 3. The third-order valence-corrected chi connectivity index (χ3v) is 7.17. The van der Waals surface area contributed by atoms with Crippen LogP contribution in [-0.4, -0.2) is 19.2 Å². The molecule has 0 N–H and O–H groups in total. The molecule has 166 valence electrons. The molecule has 0 fully saturated rings. The maximum absolute atomic E-state index is 13.3. The van der Waals surface area contributed by atoms with E-state index in [1.54, 1.807) is 10.5 Å². The molecule has 0 amide bonds. The van der Waals surface area contributed by atoms with Crippen molar-refractivity contribution in [1.29, 1.82) is 0 Å². The Balaban J connectivity index is 1.50. The van der Waals surface area contributed by atoms with E-state index in [4.69, 9.17) is 28.3 Å². The molecule has 6 aromatic rings. The number of nitrogens with zero attached hydrogens (tertiary/aromatic N) is 4. The van der Waals surface area contributed by atoms with Gasteiger partial charge in [0.25, 0.3) is 5.56 Å². The van der Waals surface area contributed by atoms with Gasteiger partial charge in [0.1, 0.15) is 0 Å². The van der Waals surface area contributed by atoms with E-state index in [0.717, 1.165) is 33.4 Å². The van der Waals surface area contributed by atoms with E-state index in [0.29, 0.717) is 26.1 Å². The summed E-state index contributed by atoms with van der Waals surface area (Å²) in [7, 11) is 0. The minimum atomic E-state index is -0.0822. The number of thiazole rings is 1. The topological polar surface area (TPSA) is 52.2 Å². The van der Waals surface area contributed by atoms with Crippen molar-refractivity contribution in [3.8, 4) is 11.3 Å². The first-order valence-corrected chi connectivity index (χ1v) is 12.1. The first-order chi connectivity index (χ1) is 16.6. The molecule has 3 heterocycles. The van der Waals surface area contributed by atoms with Gasteiger partial charge in [-0.15, -0.1) is 0 Å². The lowest BCUT2D eigenvalue weighted by Crippen LogP contribution is -2.22. The number of hydrogen-bond acceptors (Lipinski definition) is 4. The molecule has 0 radical (unpaired) electrons. The number of benzene rings is 3. The average Bonchev–Trinajstić information content (AvgIpc) is 3.49. The van der Waals surface area contributed by atoms with Crippen LogP contribution in [-0.2, 0) is 6.54 Å². The third kappa shape index (κ3) is 3.70. The summed E-state index contributed by atoms with van der Waals surface area (Å²) < 4.78 is 4.11. The highest BCUT2D eigenvalue weighted by molar-refractivity contribution is 7.15. The van der Waals surface area contributed by atoms with Crippen LogP contribution in [0.15, 0.2) is 83.8 Å². The van der Waals surface area contributed by atoms with Gasteiger partial charge in [-0.3, -0.25) is 9.48 Å². The molecule has 0 saturated carbocycles. The lowest BCUT2D eigenvalue weighted by Gasteiger charge is -2.05. The van der Waals surface area contributed by atoms with Crippen molar-refractivity contribution in [3.05, 3.63) is 115 Å². The maximum atomic E-state index is 13.3. The molecular formula is C26H16Cl2N4OS. The summed E-state index contributed by atoms with van der Waals surface area (Å²) >= 11 is 13.8. The maximum Gasteiger partial charge on any atom is 0.274 e. The second-order valence-corrected chi connectivity index (χ2v) is 9.72. The smallest absolute Gasteiger partial charge is 0.267 e. The summed E-state index contributed by atoms with van der Waals surface area (Å²) in [6, 6.07) is 23.0. The van der Waals surface area contributed by atoms with Crippen LogP contribution in [0, 0.1) is 0 Å². The quantitative estimate of drug-likeness (QED) is 0.311. The molecule has 8 heteroatoms. The number of aromatic nitrogens is 4. The molecule has 0 aliphatic carbocycles. The van der Waals surface area contributed by atoms with Crippen molar-refractivity contribution in [2.75, 3.05) is 0 Å². The van der Waals surface area contributed by atoms with Gasteiger partial charge in [-0.1, -0.05) is 83.1 Å². The summed E-state index contributed by atoms with van der Waals surface area (Å²) in [5.74, 6) is 0. The summed E-state index contributed by atoms with van der Waals surface area (Å²) in [4.78, 5) is 18.6. The zero-order chi connectivity index (χ0) is 23.2. The molecule has 0 bridgehead atoms. The Bertz CT molecular complexity index is 1790. The average molecular weight is 503 g/mol. The Hall–Kier alpha value is -3.45. The minimum Gasteiger partial charge on any atom is -0.267 e. The van der Waals surface area contributed by atoms with Gasteiger partial charge in [-0.25, -0.2) is 9.38 Å². The Kier molecular flexibility index (Phi) is 5.21. The van der Waals surface area contributed by atoms with Gasteiger partial charge in [-0.05, 0) is 35.9 Å². The van der Waals surface area contributed by atoms with Gasteiger partial charge >= 0.3 is 0 Å². The number of imidazole rings is 1. The highest BCUT2D eigenvalue weighted by Crippen LogP contribution is 2.26. The monoisotopic (exact) mass is 502 g/mol. The molecule has 0 aliphatic rings. The SMILES string of the molecule is O=c1/c(=C\c2cn(Cc3ccc(Cl)cc3Cl)nc2-c2ccccc2)sc2nc3ccccc3n12. The van der Waals surface area contributed by atoms with Crippen molar-refractivity contribution < 1.29 is 0 Å². The fourth-order valence-corrected chi connectivity index (χ4v) is 5.47. The van der Waals surface area contributed by atoms with Gasteiger partial charge in [0.2, 0.25) is 0 Å². The molecule has 34 heavy (non-hydrogen) atoms. The summed E-state index contributed by atoms with van der Waals surface area (Å²) in [5.41, 5.74) is 5.06. The van der Waals surface area contributed by atoms with Crippen molar-refractivity contribution >= 4 is 56.6 Å². The van der Waals surface area contributed by atoms with Crippen LogP contribution in [0.25, 0.3) is 33.3 Å². The Labute approximate surface area is 208 Å². The van der Waals surface area contributed by atoms with Crippen LogP contribution in [0.5, 0.6) is 0 Å². The van der Waals surface area contributed by atoms with Crippen molar-refractivity contribution in [1.82, 2.24) is 19.2 Å². The van der Waals surface area contributed by atoms with E-state index in [-0.39, 0.29) is 5.56 Å². The molecule has 0 aliphatic heterocycles. The molecule has 0 atom stereocenters. The normalized spacial score (nSPS) is 12.2. The van der Waals surface area contributed by atoms with Gasteiger partial charge in [-0.2, -0.15) is 5.10 Å². The fourth-order valence-electron chi connectivity index (χ4n) is 4.02. The zero-order valence-electron chi connectivity index (χ0n) is 17.7. The van der Waals surface area contributed by atoms with Crippen LogP contribution in [0.2, 0.25) is 10.0 Å². The molecule has 3 aromatic carbocycles. The number of hydrogen-bond donors (Lipinski definition) is 0. The Morgan fingerprint density at radius 1 is 0.971 bits per heavy atom. The van der Waals surface area contributed by atoms with Crippen LogP contribution in [0.3, 0.4) is 0 Å². The fraction of sp³-hybridized carbons (Fsp3) is 0.0385. The first-order valence-electron chi connectivity index (χ1n) is 10.6. The highest BCUT2D eigenvalue weighted by Gasteiger charge is 2.14. The van der Waals surface area contributed by atoms with Gasteiger partial charge in [0, 0.05) is 27.4 Å². The molecule has 0 spiro atoms. The lowest BCUT2D eigenvalue weighted by atomic mass is 10.1. The molecule has 3 aromatic heterocycles. The summed E-state index contributed by atoms with van der Waals surface area (Å²) in [6.07, 6.45) is 3.83. The van der Waals surface area contributed by atoms with Crippen LogP contribution in [0.4, 0.5) is 0 Å². The second-order valence-electron chi connectivity index (χ2n) is 7.87. The van der Waals surface area contributed by atoms with Crippen LogP contribution in [0.1, 0.15) is 11.1 Å². The molecule has 6 rings (SSSR count). The predicted molar refractivity (Wildman–Crippen MR) is 139 cm³/mol. The Morgan fingerprint density at radius 2 is 1.76 bits per heavy atom. The van der Waals surface area contributed by atoms with E-state index in [1.807, 2.05) is 83.7 Å². The van der Waals surface area contributed by atoms with Crippen molar-refractivity contribution in [2.24, 2.45) is 0 Å². The number of rotatable bonds is 4. The number of halogens is 2. The third-order valence-electron chi connectivity index (χ3n) is 5.62. The summed E-state index contributed by atoms with van der Waals surface area (Å²) in [5, 5.41) is 6.01. The van der Waals surface area contributed by atoms with Crippen molar-refractivity contribution in [3.63, 3.8) is 0 Å². The van der Waals surface area contributed by atoms with Crippen molar-refractivity contribution in [2.45, 2.75) is 6.54 Å². The van der Waals surface area contributed by atoms with Gasteiger partial charge < -0.3 is 0 Å². The first kappa shape index (κ1) is 21.1. The van der Waals surface area contributed by atoms with Gasteiger partial charge in [0.05, 0.1) is 27.8 Å². The van der Waals surface area contributed by atoms with E-state index in [2.05, 4.69) is 4.98 Å². The molecule has 0 saturated heterocycles. The zero-order valence-corrected chi connectivity index (χ0v) is 20.0. The minimum absolute atomic E-state index is 0.0822.